The number of halogens is 4. The van der Waals surface area contributed by atoms with Crippen LogP contribution in [-0.4, -0.2) is 45.7 Å². The summed E-state index contributed by atoms with van der Waals surface area (Å²) in [7, 11) is 0. The Balaban J connectivity index is 0.00000110. The summed E-state index contributed by atoms with van der Waals surface area (Å²) in [6, 6.07) is 0. The molecule has 118 valence electrons. The summed E-state index contributed by atoms with van der Waals surface area (Å²) in [6.07, 6.45) is 3.40. The minimum atomic E-state index is -2.69. The largest absolute Gasteiger partial charge is 0.369 e. The first-order valence-corrected chi connectivity index (χ1v) is 6.13. The molecule has 3 heterocycles. The first-order valence-electron chi connectivity index (χ1n) is 6.13. The highest BCUT2D eigenvalue weighted by atomic mass is 35.5. The van der Waals surface area contributed by atoms with E-state index in [1.165, 1.54) is 6.33 Å². The van der Waals surface area contributed by atoms with Crippen molar-refractivity contribution >= 4 is 41.7 Å². The van der Waals surface area contributed by atoms with Crippen LogP contribution < -0.4 is 10.6 Å². The second-order valence-corrected chi connectivity index (χ2v) is 4.66. The predicted molar refractivity (Wildman–Crippen MR) is 80.6 cm³/mol. The van der Waals surface area contributed by atoms with Crippen molar-refractivity contribution in [1.29, 1.82) is 0 Å². The Hall–Kier alpha value is -1.25. The molecule has 3 rings (SSSR count). The lowest BCUT2D eigenvalue weighted by Crippen LogP contribution is -2.48. The van der Waals surface area contributed by atoms with Crippen LogP contribution in [0.5, 0.6) is 0 Å². The van der Waals surface area contributed by atoms with Crippen LogP contribution in [0.25, 0.3) is 11.0 Å². The fourth-order valence-electron chi connectivity index (χ4n) is 2.26. The van der Waals surface area contributed by atoms with E-state index in [1.54, 1.807) is 6.20 Å². The first kappa shape index (κ1) is 17.8. The Morgan fingerprint density at radius 2 is 2.14 bits per heavy atom. The summed E-state index contributed by atoms with van der Waals surface area (Å²) in [6.45, 7) is 0.545. The van der Waals surface area contributed by atoms with Gasteiger partial charge in [-0.2, -0.15) is 5.10 Å². The number of nitrogens with one attached hydrogen (secondary N) is 3. The van der Waals surface area contributed by atoms with E-state index in [0.29, 0.717) is 29.8 Å². The molecule has 3 N–H and O–H groups in total. The van der Waals surface area contributed by atoms with Gasteiger partial charge in [-0.25, -0.2) is 18.7 Å². The van der Waals surface area contributed by atoms with Crippen LogP contribution in [0, 0.1) is 5.92 Å². The molecule has 10 heteroatoms. The van der Waals surface area contributed by atoms with Crippen LogP contribution >= 0.6 is 24.8 Å². The van der Waals surface area contributed by atoms with Gasteiger partial charge >= 0.3 is 0 Å². The van der Waals surface area contributed by atoms with Gasteiger partial charge in [0.15, 0.2) is 5.65 Å². The van der Waals surface area contributed by atoms with Gasteiger partial charge < -0.3 is 10.6 Å². The van der Waals surface area contributed by atoms with Crippen molar-refractivity contribution in [3.8, 4) is 0 Å². The van der Waals surface area contributed by atoms with Crippen LogP contribution in [-0.2, 0) is 0 Å². The molecule has 2 aromatic rings. The summed E-state index contributed by atoms with van der Waals surface area (Å²) in [5.74, 6) is -2.84. The first-order chi connectivity index (χ1) is 9.17. The molecule has 1 aliphatic heterocycles. The van der Waals surface area contributed by atoms with Crippen molar-refractivity contribution in [2.45, 2.75) is 12.3 Å². The van der Waals surface area contributed by atoms with Gasteiger partial charge in [0.1, 0.15) is 12.1 Å². The average molecular weight is 341 g/mol. The lowest BCUT2D eigenvalue weighted by atomic mass is 9.94. The monoisotopic (exact) mass is 340 g/mol. The Morgan fingerprint density at radius 3 is 2.90 bits per heavy atom. The molecule has 0 amide bonds. The van der Waals surface area contributed by atoms with Gasteiger partial charge in [0, 0.05) is 12.5 Å². The number of hydrogen-bond donors (Lipinski definition) is 3. The Bertz CT molecular complexity index is 579. The van der Waals surface area contributed by atoms with E-state index in [9.17, 15) is 8.78 Å². The summed E-state index contributed by atoms with van der Waals surface area (Å²) >= 11 is 0. The summed E-state index contributed by atoms with van der Waals surface area (Å²) in [5, 5.41) is 13.0. The highest BCUT2D eigenvalue weighted by Crippen LogP contribution is 2.30. The van der Waals surface area contributed by atoms with Crippen LogP contribution in [0.2, 0.25) is 0 Å². The number of fused-ring (bicyclic) bond motifs is 1. The molecule has 21 heavy (non-hydrogen) atoms. The Kier molecular flexibility index (Phi) is 6.06. The lowest BCUT2D eigenvalue weighted by molar-refractivity contribution is -0.0678. The average Bonchev–Trinajstić information content (AvgIpc) is 2.86. The standard InChI is InChI=1S/C11H14F2N6.2ClH/c12-11(13)5-14-2-1-7(11)3-15-9-8-4-18-19-10(8)17-6-16-9;;/h4,6-7,14H,1-3,5H2,(H2,15,16,17,18,19);2*1H. The molecule has 1 aliphatic rings. The smallest absolute Gasteiger partial charge is 0.264 e. The lowest BCUT2D eigenvalue weighted by Gasteiger charge is -2.32. The van der Waals surface area contributed by atoms with Crippen molar-refractivity contribution in [3.05, 3.63) is 12.5 Å². The fourth-order valence-corrected chi connectivity index (χ4v) is 2.26. The molecular formula is C11H16Cl2F2N6. The van der Waals surface area contributed by atoms with E-state index in [-0.39, 0.29) is 37.9 Å². The zero-order valence-corrected chi connectivity index (χ0v) is 12.6. The molecule has 1 saturated heterocycles. The molecule has 1 atom stereocenters. The summed E-state index contributed by atoms with van der Waals surface area (Å²) < 4.78 is 27.3. The molecule has 0 spiro atoms. The SMILES string of the molecule is Cl.Cl.FC1(F)CNCCC1CNc1ncnc2[nH]ncc12. The van der Waals surface area contributed by atoms with Crippen LogP contribution in [0.1, 0.15) is 6.42 Å². The van der Waals surface area contributed by atoms with E-state index < -0.39 is 11.8 Å². The van der Waals surface area contributed by atoms with Crippen molar-refractivity contribution in [1.82, 2.24) is 25.5 Å². The van der Waals surface area contributed by atoms with Crippen LogP contribution in [0.15, 0.2) is 12.5 Å². The molecule has 0 bridgehead atoms. The van der Waals surface area contributed by atoms with E-state index >= 15 is 0 Å². The molecule has 6 nitrogen and oxygen atoms in total. The second kappa shape index (κ2) is 7.15. The van der Waals surface area contributed by atoms with Gasteiger partial charge in [-0.15, -0.1) is 24.8 Å². The summed E-state index contributed by atoms with van der Waals surface area (Å²) in [5.41, 5.74) is 0.592. The number of aromatic nitrogens is 4. The Labute approximate surface area is 132 Å². The van der Waals surface area contributed by atoms with Gasteiger partial charge in [-0.1, -0.05) is 0 Å². The maximum absolute atomic E-state index is 13.7. The van der Waals surface area contributed by atoms with Crippen molar-refractivity contribution in [3.63, 3.8) is 0 Å². The predicted octanol–water partition coefficient (Wildman–Crippen LogP) is 1.85. The quantitative estimate of drug-likeness (QED) is 0.794. The number of nitrogens with zero attached hydrogens (tertiary/aromatic N) is 3. The topological polar surface area (TPSA) is 78.5 Å². The minimum Gasteiger partial charge on any atom is -0.369 e. The minimum absolute atomic E-state index is 0. The number of alkyl halides is 2. The van der Waals surface area contributed by atoms with E-state index in [2.05, 4.69) is 30.8 Å². The molecule has 0 aromatic carbocycles. The number of anilines is 1. The van der Waals surface area contributed by atoms with Crippen molar-refractivity contribution in [2.75, 3.05) is 25.0 Å². The van der Waals surface area contributed by atoms with E-state index in [4.69, 9.17) is 0 Å². The van der Waals surface area contributed by atoms with E-state index in [1.807, 2.05) is 0 Å². The number of hydrogen-bond acceptors (Lipinski definition) is 5. The van der Waals surface area contributed by atoms with Gasteiger partial charge in [0.25, 0.3) is 5.92 Å². The number of rotatable bonds is 3. The van der Waals surface area contributed by atoms with Gasteiger partial charge in [-0.05, 0) is 13.0 Å². The highest BCUT2D eigenvalue weighted by Gasteiger charge is 2.41. The van der Waals surface area contributed by atoms with Crippen molar-refractivity contribution in [2.24, 2.45) is 5.92 Å². The number of aromatic amines is 1. The molecule has 1 fully saturated rings. The van der Waals surface area contributed by atoms with Crippen molar-refractivity contribution < 1.29 is 8.78 Å². The molecule has 0 aliphatic carbocycles. The van der Waals surface area contributed by atoms with Gasteiger partial charge in [0.05, 0.1) is 18.1 Å². The van der Waals surface area contributed by atoms with E-state index in [0.717, 1.165) is 0 Å². The van der Waals surface area contributed by atoms with Gasteiger partial charge in [-0.3, -0.25) is 5.10 Å². The fraction of sp³-hybridized carbons (Fsp3) is 0.545. The second-order valence-electron chi connectivity index (χ2n) is 4.66. The third-order valence-corrected chi connectivity index (χ3v) is 3.39. The molecule has 0 radical (unpaired) electrons. The maximum Gasteiger partial charge on any atom is 0.264 e. The molecule has 1 unspecified atom stereocenters. The molecule has 0 saturated carbocycles. The highest BCUT2D eigenvalue weighted by molar-refractivity contribution is 5.86. The van der Waals surface area contributed by atoms with Crippen LogP contribution in [0.4, 0.5) is 14.6 Å². The third-order valence-electron chi connectivity index (χ3n) is 3.39. The molecule has 2 aromatic heterocycles. The zero-order chi connectivity index (χ0) is 13.3. The zero-order valence-electron chi connectivity index (χ0n) is 11.0. The number of piperidine rings is 1. The third kappa shape index (κ3) is 3.69. The normalized spacial score (nSPS) is 20.4. The van der Waals surface area contributed by atoms with Gasteiger partial charge in [0.2, 0.25) is 0 Å². The Morgan fingerprint density at radius 1 is 1.33 bits per heavy atom. The molecular weight excluding hydrogens is 325 g/mol. The number of H-pyrrole nitrogens is 1. The maximum atomic E-state index is 13.7. The summed E-state index contributed by atoms with van der Waals surface area (Å²) in [4.78, 5) is 8.07. The van der Waals surface area contributed by atoms with Crippen LogP contribution in [0.3, 0.4) is 0 Å².